The molecular formula is C39H42N8O10S2. The van der Waals surface area contributed by atoms with E-state index >= 15 is 0 Å². The number of ether oxygens (including phenoxy) is 1. The highest BCUT2D eigenvalue weighted by molar-refractivity contribution is 7.89. The number of nitrogens with zero attached hydrogens (tertiary/aromatic N) is 3. The van der Waals surface area contributed by atoms with E-state index in [0.29, 0.717) is 48.9 Å². The molecule has 0 aliphatic carbocycles. The standard InChI is InChI=1S/C39H42N8O10S2/c1-59(55,56)46-18-15-25(21-46)34(50)42-29(35(51)45-39-43-30(23-58-39)24-8-3-2-4-9-24)22-57-19-7-10-32(48)41-17-6-5-16-40-26-11-12-27-28(20-26)38(54)47(37(27)53)31-13-14-33(49)44-36(31)52/h2-4,8-9,11-12,15,18,20-21,23,29,31,40H,5-7,10,13-14,16-17,19,22H2,1H3,(H,41,48)(H,42,50)(H,43,45,51)(H,44,49,52)/t29-,31?/m0/s1. The average molecular weight is 847 g/mol. The number of rotatable bonds is 19. The number of piperidine rings is 1. The molecule has 20 heteroatoms. The van der Waals surface area contributed by atoms with Gasteiger partial charge >= 0.3 is 0 Å². The van der Waals surface area contributed by atoms with Crippen LogP contribution in [0.5, 0.6) is 0 Å². The van der Waals surface area contributed by atoms with Crippen LogP contribution in [0, 0.1) is 0 Å². The van der Waals surface area contributed by atoms with Crippen molar-refractivity contribution in [2.75, 3.05) is 43.2 Å². The molecule has 2 aliphatic heterocycles. The third-order valence-electron chi connectivity index (χ3n) is 9.41. The summed E-state index contributed by atoms with van der Waals surface area (Å²) in [5.74, 6) is -3.75. The Bertz CT molecular complexity index is 2360. The van der Waals surface area contributed by atoms with Gasteiger partial charge in [0.05, 0.1) is 35.2 Å². The lowest BCUT2D eigenvalue weighted by atomic mass is 10.0. The Morgan fingerprint density at radius 3 is 2.49 bits per heavy atom. The molecule has 4 heterocycles. The highest BCUT2D eigenvalue weighted by Gasteiger charge is 2.44. The van der Waals surface area contributed by atoms with E-state index in [1.807, 2.05) is 30.3 Å². The second-order valence-electron chi connectivity index (χ2n) is 13.8. The van der Waals surface area contributed by atoms with Gasteiger partial charge in [-0.25, -0.2) is 13.4 Å². The lowest BCUT2D eigenvalue weighted by Gasteiger charge is -2.27. The number of carbonyl (C=O) groups is 7. The lowest BCUT2D eigenvalue weighted by molar-refractivity contribution is -0.136. The minimum absolute atomic E-state index is 0.0267. The minimum Gasteiger partial charge on any atom is -0.385 e. The van der Waals surface area contributed by atoms with Crippen LogP contribution < -0.4 is 26.6 Å². The lowest BCUT2D eigenvalue weighted by Crippen LogP contribution is -2.54. The maximum absolute atomic E-state index is 13.3. The predicted molar refractivity (Wildman–Crippen MR) is 216 cm³/mol. The highest BCUT2D eigenvalue weighted by atomic mass is 32.2. The van der Waals surface area contributed by atoms with Crippen LogP contribution in [0.1, 0.15) is 69.6 Å². The van der Waals surface area contributed by atoms with E-state index in [-0.39, 0.29) is 55.1 Å². The van der Waals surface area contributed by atoms with Crippen LogP contribution in [-0.2, 0) is 33.9 Å². The van der Waals surface area contributed by atoms with Crippen molar-refractivity contribution in [1.29, 1.82) is 0 Å². The fourth-order valence-corrected chi connectivity index (χ4v) is 7.63. The third kappa shape index (κ3) is 10.8. The highest BCUT2D eigenvalue weighted by Crippen LogP contribution is 2.30. The van der Waals surface area contributed by atoms with Crippen molar-refractivity contribution in [2.45, 2.75) is 50.6 Å². The molecule has 310 valence electrons. The van der Waals surface area contributed by atoms with E-state index in [1.165, 1.54) is 29.7 Å². The van der Waals surface area contributed by atoms with Gasteiger partial charge in [0.2, 0.25) is 27.7 Å². The van der Waals surface area contributed by atoms with Crippen molar-refractivity contribution in [2.24, 2.45) is 0 Å². The first kappa shape index (κ1) is 42.4. The summed E-state index contributed by atoms with van der Waals surface area (Å²) >= 11 is 1.21. The van der Waals surface area contributed by atoms with E-state index in [2.05, 4.69) is 31.6 Å². The molecule has 0 spiro atoms. The van der Waals surface area contributed by atoms with E-state index in [1.54, 1.807) is 17.5 Å². The second-order valence-corrected chi connectivity index (χ2v) is 16.5. The van der Waals surface area contributed by atoms with E-state index in [4.69, 9.17) is 4.74 Å². The number of amides is 7. The molecule has 4 aromatic rings. The number of hydrogen-bond donors (Lipinski definition) is 5. The molecule has 7 amide bonds. The molecule has 1 unspecified atom stereocenters. The van der Waals surface area contributed by atoms with Crippen LogP contribution in [0.3, 0.4) is 0 Å². The summed E-state index contributed by atoms with van der Waals surface area (Å²) in [5, 5.41) is 15.6. The van der Waals surface area contributed by atoms with Crippen LogP contribution in [0.4, 0.5) is 10.8 Å². The van der Waals surface area contributed by atoms with Crippen molar-refractivity contribution in [3.63, 3.8) is 0 Å². The maximum Gasteiger partial charge on any atom is 0.262 e. The Hall–Kier alpha value is -6.25. The summed E-state index contributed by atoms with van der Waals surface area (Å²) in [7, 11) is -3.63. The van der Waals surface area contributed by atoms with Crippen LogP contribution in [-0.4, -0.2) is 108 Å². The Balaban J connectivity index is 0.907. The Kier molecular flexibility index (Phi) is 13.6. The van der Waals surface area contributed by atoms with E-state index < -0.39 is 57.6 Å². The number of aromatic nitrogens is 2. The van der Waals surface area contributed by atoms with Gasteiger partial charge in [-0.05, 0) is 49.9 Å². The molecule has 6 rings (SSSR count). The molecule has 2 aromatic carbocycles. The molecule has 5 N–H and O–H groups in total. The molecule has 1 fully saturated rings. The number of fused-ring (bicyclic) bond motifs is 1. The Labute approximate surface area is 343 Å². The van der Waals surface area contributed by atoms with Crippen LogP contribution in [0.15, 0.2) is 72.4 Å². The van der Waals surface area contributed by atoms with Crippen LogP contribution in [0.2, 0.25) is 0 Å². The first-order chi connectivity index (χ1) is 28.3. The van der Waals surface area contributed by atoms with Gasteiger partial charge in [-0.3, -0.25) is 47.8 Å². The van der Waals surface area contributed by atoms with Crippen molar-refractivity contribution >= 4 is 73.5 Å². The SMILES string of the molecule is CS(=O)(=O)n1ccc(C(=O)N[C@@H](COCCCC(=O)NCCCCNc2ccc3c(c2)C(=O)N(C2CCC(=O)NC2=O)C3=O)C(=O)Nc2nc(-c3ccccc3)cs2)c1. The van der Waals surface area contributed by atoms with Crippen molar-refractivity contribution in [1.82, 2.24) is 29.8 Å². The number of thiazole rings is 1. The molecule has 0 saturated carbocycles. The summed E-state index contributed by atoms with van der Waals surface area (Å²) < 4.78 is 30.4. The number of nitrogens with one attached hydrogen (secondary N) is 5. The quantitative estimate of drug-likeness (QED) is 0.0675. The van der Waals surface area contributed by atoms with Crippen LogP contribution in [0.25, 0.3) is 11.3 Å². The molecule has 0 radical (unpaired) electrons. The van der Waals surface area contributed by atoms with Gasteiger partial charge in [0.25, 0.3) is 23.6 Å². The summed E-state index contributed by atoms with van der Waals surface area (Å²) in [6, 6.07) is 13.3. The molecule has 1 saturated heterocycles. The first-order valence-corrected chi connectivity index (χ1v) is 21.5. The number of benzene rings is 2. The zero-order chi connectivity index (χ0) is 42.1. The van der Waals surface area contributed by atoms with Crippen molar-refractivity contribution in [3.8, 4) is 11.3 Å². The minimum atomic E-state index is -3.63. The predicted octanol–water partition coefficient (Wildman–Crippen LogP) is 2.36. The normalized spacial score (nSPS) is 15.7. The number of imide groups is 2. The molecule has 18 nitrogen and oxygen atoms in total. The van der Waals surface area contributed by atoms with Crippen molar-refractivity contribution in [3.05, 3.63) is 89.1 Å². The summed E-state index contributed by atoms with van der Waals surface area (Å²) in [6.07, 6.45) is 5.30. The fourth-order valence-electron chi connectivity index (χ4n) is 6.32. The van der Waals surface area contributed by atoms with Gasteiger partial charge in [-0.2, -0.15) is 0 Å². The maximum atomic E-state index is 13.3. The van der Waals surface area contributed by atoms with Gasteiger partial charge in [0, 0.05) is 61.6 Å². The Morgan fingerprint density at radius 1 is 0.983 bits per heavy atom. The van der Waals surface area contributed by atoms with Gasteiger partial charge in [0.1, 0.15) is 12.1 Å². The first-order valence-electron chi connectivity index (χ1n) is 18.7. The number of carbonyl (C=O) groups excluding carboxylic acids is 7. The largest absolute Gasteiger partial charge is 0.385 e. The van der Waals surface area contributed by atoms with Gasteiger partial charge in [-0.15, -0.1) is 11.3 Å². The zero-order valence-electron chi connectivity index (χ0n) is 31.9. The second kappa shape index (κ2) is 19.0. The summed E-state index contributed by atoms with van der Waals surface area (Å²) in [4.78, 5) is 94.0. The number of anilines is 2. The molecule has 59 heavy (non-hydrogen) atoms. The monoisotopic (exact) mass is 846 g/mol. The van der Waals surface area contributed by atoms with Gasteiger partial charge < -0.3 is 26.0 Å². The average Bonchev–Trinajstić information content (AvgIpc) is 3.95. The number of hydrogen-bond acceptors (Lipinski definition) is 13. The van der Waals surface area contributed by atoms with Gasteiger partial charge in [-0.1, -0.05) is 30.3 Å². The molecule has 0 bridgehead atoms. The summed E-state index contributed by atoms with van der Waals surface area (Å²) in [6.45, 7) is 0.810. The summed E-state index contributed by atoms with van der Waals surface area (Å²) in [5.41, 5.74) is 2.54. The fraction of sp³-hybridized carbons (Fsp3) is 0.333. The molecular weight excluding hydrogens is 805 g/mol. The molecule has 2 aliphatic rings. The van der Waals surface area contributed by atoms with E-state index in [9.17, 15) is 42.0 Å². The third-order valence-corrected chi connectivity index (χ3v) is 11.2. The number of unbranched alkanes of at least 4 members (excludes halogenated alkanes) is 1. The van der Waals surface area contributed by atoms with Crippen LogP contribution >= 0.6 is 11.3 Å². The molecule has 2 aromatic heterocycles. The smallest absolute Gasteiger partial charge is 0.262 e. The molecule has 2 atom stereocenters. The van der Waals surface area contributed by atoms with Gasteiger partial charge in [0.15, 0.2) is 5.13 Å². The van der Waals surface area contributed by atoms with E-state index in [0.717, 1.165) is 26.9 Å². The topological polar surface area (TPSA) is 244 Å². The van der Waals surface area contributed by atoms with Crippen molar-refractivity contribution < 1.29 is 46.7 Å². The zero-order valence-corrected chi connectivity index (χ0v) is 33.5. The Morgan fingerprint density at radius 2 is 1.75 bits per heavy atom.